The van der Waals surface area contributed by atoms with Gasteiger partial charge in [0.15, 0.2) is 0 Å². The van der Waals surface area contributed by atoms with Gasteiger partial charge >= 0.3 is 6.18 Å². The van der Waals surface area contributed by atoms with Crippen LogP contribution in [0.15, 0.2) is 48.8 Å². The number of likely N-dealkylation sites (N-methyl/N-ethyl adjacent to an activating group) is 1. The summed E-state index contributed by atoms with van der Waals surface area (Å²) in [6.07, 6.45) is -2.00. The Bertz CT molecular complexity index is 635. The molecule has 7 heteroatoms. The molecule has 0 amide bonds. The van der Waals surface area contributed by atoms with E-state index in [0.29, 0.717) is 6.54 Å². The van der Waals surface area contributed by atoms with E-state index in [1.165, 1.54) is 18.2 Å². The third kappa shape index (κ3) is 5.50. The van der Waals surface area contributed by atoms with E-state index in [1.807, 2.05) is 17.0 Å². The van der Waals surface area contributed by atoms with Crippen molar-refractivity contribution in [1.82, 2.24) is 9.88 Å². The predicted octanol–water partition coefficient (Wildman–Crippen LogP) is 2.97. The Kier molecular flexibility index (Phi) is 6.16. The van der Waals surface area contributed by atoms with Crippen LogP contribution in [0.5, 0.6) is 5.75 Å². The molecule has 2 rings (SSSR count). The lowest BCUT2D eigenvalue weighted by Gasteiger charge is -2.21. The SMILES string of the molecule is CN(Cc1cccnc1)CC(O)COc1ccccc1C(F)(F)F. The van der Waals surface area contributed by atoms with Crippen LogP contribution < -0.4 is 4.74 Å². The van der Waals surface area contributed by atoms with Crippen LogP contribution in [0.1, 0.15) is 11.1 Å². The van der Waals surface area contributed by atoms with Gasteiger partial charge in [-0.1, -0.05) is 18.2 Å². The van der Waals surface area contributed by atoms with E-state index < -0.39 is 17.8 Å². The van der Waals surface area contributed by atoms with E-state index in [0.717, 1.165) is 11.6 Å². The summed E-state index contributed by atoms with van der Waals surface area (Å²) in [4.78, 5) is 5.85. The molecule has 0 saturated heterocycles. The number of nitrogens with zero attached hydrogens (tertiary/aromatic N) is 2. The van der Waals surface area contributed by atoms with E-state index in [-0.39, 0.29) is 18.9 Å². The maximum Gasteiger partial charge on any atom is 0.419 e. The van der Waals surface area contributed by atoms with Crippen LogP contribution in [0.25, 0.3) is 0 Å². The van der Waals surface area contributed by atoms with Gasteiger partial charge in [0.2, 0.25) is 0 Å². The second-order valence-electron chi connectivity index (χ2n) is 5.52. The van der Waals surface area contributed by atoms with Gasteiger partial charge < -0.3 is 9.84 Å². The van der Waals surface area contributed by atoms with E-state index in [1.54, 1.807) is 19.4 Å². The molecule has 1 aromatic carbocycles. The molecule has 0 bridgehead atoms. The first-order valence-corrected chi connectivity index (χ1v) is 7.41. The third-order valence-corrected chi connectivity index (χ3v) is 3.32. The van der Waals surface area contributed by atoms with Gasteiger partial charge in [-0.15, -0.1) is 0 Å². The number of alkyl halides is 3. The number of hydrogen-bond acceptors (Lipinski definition) is 4. The zero-order chi connectivity index (χ0) is 17.6. The van der Waals surface area contributed by atoms with Crippen molar-refractivity contribution in [2.45, 2.75) is 18.8 Å². The topological polar surface area (TPSA) is 45.6 Å². The Balaban J connectivity index is 1.86. The Morgan fingerprint density at radius 3 is 2.62 bits per heavy atom. The highest BCUT2D eigenvalue weighted by molar-refractivity contribution is 5.35. The highest BCUT2D eigenvalue weighted by Crippen LogP contribution is 2.35. The molecule has 0 aliphatic heterocycles. The van der Waals surface area contributed by atoms with Crippen LogP contribution in [-0.2, 0) is 12.7 Å². The molecule has 1 aromatic heterocycles. The Morgan fingerprint density at radius 2 is 1.96 bits per heavy atom. The molecule has 0 aliphatic rings. The minimum atomic E-state index is -4.49. The number of para-hydroxylation sites is 1. The van der Waals surface area contributed by atoms with Crippen molar-refractivity contribution in [2.75, 3.05) is 20.2 Å². The van der Waals surface area contributed by atoms with Crippen LogP contribution in [0.4, 0.5) is 13.2 Å². The normalized spacial score (nSPS) is 13.1. The number of rotatable bonds is 7. The fraction of sp³-hybridized carbons (Fsp3) is 0.353. The molecule has 130 valence electrons. The van der Waals surface area contributed by atoms with Crippen molar-refractivity contribution in [3.05, 3.63) is 59.9 Å². The van der Waals surface area contributed by atoms with Gasteiger partial charge in [0.05, 0.1) is 5.56 Å². The predicted molar refractivity (Wildman–Crippen MR) is 83.5 cm³/mol. The first-order valence-electron chi connectivity index (χ1n) is 7.41. The van der Waals surface area contributed by atoms with E-state index in [2.05, 4.69) is 4.98 Å². The highest BCUT2D eigenvalue weighted by atomic mass is 19.4. The summed E-state index contributed by atoms with van der Waals surface area (Å²) >= 11 is 0. The van der Waals surface area contributed by atoms with Gasteiger partial charge in [0.1, 0.15) is 18.5 Å². The van der Waals surface area contributed by atoms with Gasteiger partial charge in [-0.25, -0.2) is 0 Å². The summed E-state index contributed by atoms with van der Waals surface area (Å²) in [6, 6.07) is 8.69. The van der Waals surface area contributed by atoms with Crippen LogP contribution in [-0.4, -0.2) is 41.3 Å². The zero-order valence-electron chi connectivity index (χ0n) is 13.2. The Morgan fingerprint density at radius 1 is 1.21 bits per heavy atom. The van der Waals surface area contributed by atoms with Crippen LogP contribution >= 0.6 is 0 Å². The number of aliphatic hydroxyl groups excluding tert-OH is 1. The zero-order valence-corrected chi connectivity index (χ0v) is 13.2. The summed E-state index contributed by atoms with van der Waals surface area (Å²) in [5.41, 5.74) is 0.136. The molecule has 1 unspecified atom stereocenters. The monoisotopic (exact) mass is 340 g/mol. The summed E-state index contributed by atoms with van der Waals surface area (Å²) in [6.45, 7) is 0.623. The van der Waals surface area contributed by atoms with Crippen LogP contribution in [0, 0.1) is 0 Å². The lowest BCUT2D eigenvalue weighted by atomic mass is 10.2. The van der Waals surface area contributed by atoms with Crippen LogP contribution in [0.3, 0.4) is 0 Å². The fourth-order valence-electron chi connectivity index (χ4n) is 2.29. The first kappa shape index (κ1) is 18.2. The number of benzene rings is 1. The Labute approximate surface area is 138 Å². The number of aliphatic hydroxyl groups is 1. The summed E-state index contributed by atoms with van der Waals surface area (Å²) < 4.78 is 43.8. The van der Waals surface area contributed by atoms with Gasteiger partial charge in [-0.2, -0.15) is 13.2 Å². The average Bonchev–Trinajstić information content (AvgIpc) is 2.53. The molecule has 0 saturated carbocycles. The largest absolute Gasteiger partial charge is 0.490 e. The summed E-state index contributed by atoms with van der Waals surface area (Å²) in [7, 11) is 1.81. The molecule has 0 fully saturated rings. The molecular weight excluding hydrogens is 321 g/mol. The number of aromatic nitrogens is 1. The smallest absolute Gasteiger partial charge is 0.419 e. The van der Waals surface area contributed by atoms with Crippen molar-refractivity contribution < 1.29 is 23.0 Å². The summed E-state index contributed by atoms with van der Waals surface area (Å²) in [5, 5.41) is 9.99. The van der Waals surface area contributed by atoms with Crippen molar-refractivity contribution in [3.63, 3.8) is 0 Å². The number of halogens is 3. The lowest BCUT2D eigenvalue weighted by Crippen LogP contribution is -2.33. The van der Waals surface area contributed by atoms with Gasteiger partial charge in [0, 0.05) is 25.5 Å². The number of ether oxygens (including phenoxy) is 1. The van der Waals surface area contributed by atoms with E-state index in [9.17, 15) is 18.3 Å². The molecule has 1 atom stereocenters. The van der Waals surface area contributed by atoms with Gasteiger partial charge in [0.25, 0.3) is 0 Å². The molecule has 1 heterocycles. The maximum atomic E-state index is 12.9. The second-order valence-corrected chi connectivity index (χ2v) is 5.52. The van der Waals surface area contributed by atoms with Gasteiger partial charge in [-0.05, 0) is 30.8 Å². The fourth-order valence-corrected chi connectivity index (χ4v) is 2.29. The average molecular weight is 340 g/mol. The second kappa shape index (κ2) is 8.12. The van der Waals surface area contributed by atoms with E-state index >= 15 is 0 Å². The molecular formula is C17H19F3N2O2. The lowest BCUT2D eigenvalue weighted by molar-refractivity contribution is -0.139. The van der Waals surface area contributed by atoms with Gasteiger partial charge in [-0.3, -0.25) is 9.88 Å². The summed E-state index contributed by atoms with van der Waals surface area (Å²) in [5.74, 6) is -0.279. The molecule has 0 spiro atoms. The Hall–Kier alpha value is -2.12. The maximum absolute atomic E-state index is 12.9. The number of hydrogen-bond donors (Lipinski definition) is 1. The standard InChI is InChI=1S/C17H19F3N2O2/c1-22(10-13-5-4-8-21-9-13)11-14(23)12-24-16-7-3-2-6-15(16)17(18,19)20/h2-9,14,23H,10-12H2,1H3. The quantitative estimate of drug-likeness (QED) is 0.842. The van der Waals surface area contributed by atoms with Crippen molar-refractivity contribution >= 4 is 0 Å². The molecule has 4 nitrogen and oxygen atoms in total. The van der Waals surface area contributed by atoms with Crippen molar-refractivity contribution in [1.29, 1.82) is 0 Å². The molecule has 0 radical (unpaired) electrons. The van der Waals surface area contributed by atoms with E-state index in [4.69, 9.17) is 4.74 Å². The molecule has 24 heavy (non-hydrogen) atoms. The third-order valence-electron chi connectivity index (χ3n) is 3.32. The minimum Gasteiger partial charge on any atom is -0.490 e. The van der Waals surface area contributed by atoms with Crippen molar-refractivity contribution in [3.8, 4) is 5.75 Å². The minimum absolute atomic E-state index is 0.218. The highest BCUT2D eigenvalue weighted by Gasteiger charge is 2.34. The van der Waals surface area contributed by atoms with Crippen molar-refractivity contribution in [2.24, 2.45) is 0 Å². The molecule has 1 N–H and O–H groups in total. The van der Waals surface area contributed by atoms with Crippen LogP contribution in [0.2, 0.25) is 0 Å². The number of pyridine rings is 1. The molecule has 2 aromatic rings. The first-order chi connectivity index (χ1) is 11.4. The molecule has 0 aliphatic carbocycles.